The SMILES string of the molecule is CC(N[C@@H](C)c1ccco1)c1ccc(C#N)cc1. The molecule has 0 saturated heterocycles. The summed E-state index contributed by atoms with van der Waals surface area (Å²) < 4.78 is 5.36. The summed E-state index contributed by atoms with van der Waals surface area (Å²) in [5, 5.41) is 12.2. The number of benzene rings is 1. The highest BCUT2D eigenvalue weighted by Crippen LogP contribution is 2.19. The van der Waals surface area contributed by atoms with Crippen molar-refractivity contribution < 1.29 is 4.42 Å². The lowest BCUT2D eigenvalue weighted by atomic mass is 10.1. The first kappa shape index (κ1) is 12.4. The van der Waals surface area contributed by atoms with Gasteiger partial charge in [0.1, 0.15) is 5.76 Å². The molecule has 0 bridgehead atoms. The molecule has 2 rings (SSSR count). The molecule has 0 aliphatic heterocycles. The molecule has 1 N–H and O–H groups in total. The molecule has 18 heavy (non-hydrogen) atoms. The van der Waals surface area contributed by atoms with E-state index in [9.17, 15) is 0 Å². The van der Waals surface area contributed by atoms with Crippen molar-refractivity contribution in [1.29, 1.82) is 5.26 Å². The second-order valence-corrected chi connectivity index (χ2v) is 4.36. The monoisotopic (exact) mass is 240 g/mol. The first-order chi connectivity index (χ1) is 8.70. The molecule has 92 valence electrons. The molecule has 3 nitrogen and oxygen atoms in total. The molecule has 0 aliphatic rings. The van der Waals surface area contributed by atoms with Crippen LogP contribution in [-0.4, -0.2) is 0 Å². The molecule has 3 heteroatoms. The second-order valence-electron chi connectivity index (χ2n) is 4.36. The molecule has 2 aromatic rings. The van der Waals surface area contributed by atoms with Crippen LogP contribution in [0, 0.1) is 11.3 Å². The van der Waals surface area contributed by atoms with Crippen LogP contribution >= 0.6 is 0 Å². The number of hydrogen-bond acceptors (Lipinski definition) is 3. The molecule has 0 aliphatic carbocycles. The Morgan fingerprint density at radius 1 is 1.11 bits per heavy atom. The zero-order valence-electron chi connectivity index (χ0n) is 10.6. The van der Waals surface area contributed by atoms with Gasteiger partial charge in [0.15, 0.2) is 0 Å². The van der Waals surface area contributed by atoms with Crippen molar-refractivity contribution in [3.63, 3.8) is 0 Å². The highest BCUT2D eigenvalue weighted by Gasteiger charge is 2.12. The third-order valence-corrected chi connectivity index (χ3v) is 3.01. The van der Waals surface area contributed by atoms with Crippen LogP contribution in [0.1, 0.15) is 42.8 Å². The van der Waals surface area contributed by atoms with Crippen LogP contribution in [0.15, 0.2) is 47.1 Å². The zero-order chi connectivity index (χ0) is 13.0. The minimum absolute atomic E-state index is 0.158. The fraction of sp³-hybridized carbons (Fsp3) is 0.267. The van der Waals surface area contributed by atoms with Crippen LogP contribution in [0.3, 0.4) is 0 Å². The van der Waals surface area contributed by atoms with Gasteiger partial charge in [-0.3, -0.25) is 0 Å². The van der Waals surface area contributed by atoms with Crippen molar-refractivity contribution in [3.8, 4) is 6.07 Å². The van der Waals surface area contributed by atoms with Crippen LogP contribution in [0.2, 0.25) is 0 Å². The predicted octanol–water partition coefficient (Wildman–Crippen LogP) is 3.56. The smallest absolute Gasteiger partial charge is 0.120 e. The number of nitrogens with one attached hydrogen (secondary N) is 1. The van der Waals surface area contributed by atoms with Crippen molar-refractivity contribution in [2.75, 3.05) is 0 Å². The molecule has 0 amide bonds. The highest BCUT2D eigenvalue weighted by atomic mass is 16.3. The molecular weight excluding hydrogens is 224 g/mol. The Bertz CT molecular complexity index is 523. The Morgan fingerprint density at radius 2 is 1.83 bits per heavy atom. The van der Waals surface area contributed by atoms with Gasteiger partial charge >= 0.3 is 0 Å². The number of nitrogens with zero attached hydrogens (tertiary/aromatic N) is 1. The van der Waals surface area contributed by atoms with Crippen LogP contribution in [0.25, 0.3) is 0 Å². The summed E-state index contributed by atoms with van der Waals surface area (Å²) >= 11 is 0. The predicted molar refractivity (Wildman–Crippen MR) is 69.8 cm³/mol. The van der Waals surface area contributed by atoms with E-state index in [1.165, 1.54) is 0 Å². The van der Waals surface area contributed by atoms with E-state index in [1.807, 2.05) is 36.4 Å². The molecule has 0 fully saturated rings. The van der Waals surface area contributed by atoms with E-state index in [-0.39, 0.29) is 12.1 Å². The minimum Gasteiger partial charge on any atom is -0.468 e. The van der Waals surface area contributed by atoms with E-state index in [1.54, 1.807) is 6.26 Å². The van der Waals surface area contributed by atoms with Gasteiger partial charge in [-0.25, -0.2) is 0 Å². The molecule has 0 spiro atoms. The van der Waals surface area contributed by atoms with Crippen molar-refractivity contribution in [3.05, 3.63) is 59.5 Å². The molecule has 1 aromatic carbocycles. The van der Waals surface area contributed by atoms with Crippen molar-refractivity contribution in [1.82, 2.24) is 5.32 Å². The fourth-order valence-electron chi connectivity index (χ4n) is 1.94. The number of hydrogen-bond donors (Lipinski definition) is 1. The lowest BCUT2D eigenvalue weighted by Crippen LogP contribution is -2.22. The molecule has 2 atom stereocenters. The maximum atomic E-state index is 8.76. The van der Waals surface area contributed by atoms with Crippen LogP contribution < -0.4 is 5.32 Å². The van der Waals surface area contributed by atoms with Crippen molar-refractivity contribution in [2.24, 2.45) is 0 Å². The number of nitriles is 1. The second kappa shape index (κ2) is 5.52. The molecular formula is C15H16N2O. The van der Waals surface area contributed by atoms with Crippen molar-refractivity contribution >= 4 is 0 Å². The van der Waals surface area contributed by atoms with Gasteiger partial charge in [0, 0.05) is 6.04 Å². The Labute approximate surface area is 107 Å². The van der Waals surface area contributed by atoms with Gasteiger partial charge in [-0.05, 0) is 43.7 Å². The molecule has 0 radical (unpaired) electrons. The first-order valence-electron chi connectivity index (χ1n) is 6.00. The molecule has 1 unspecified atom stereocenters. The minimum atomic E-state index is 0.158. The largest absolute Gasteiger partial charge is 0.468 e. The standard InChI is InChI=1S/C15H16N2O/c1-11(14-7-5-13(10-16)6-8-14)17-12(2)15-4-3-9-18-15/h3-9,11-12,17H,1-2H3/t11?,12-/m0/s1. The van der Waals surface area contributed by atoms with Crippen molar-refractivity contribution in [2.45, 2.75) is 25.9 Å². The maximum Gasteiger partial charge on any atom is 0.120 e. The quantitative estimate of drug-likeness (QED) is 0.888. The summed E-state index contributed by atoms with van der Waals surface area (Å²) in [7, 11) is 0. The number of rotatable bonds is 4. The first-order valence-corrected chi connectivity index (χ1v) is 6.00. The Morgan fingerprint density at radius 3 is 2.39 bits per heavy atom. The van der Waals surface area contributed by atoms with E-state index in [4.69, 9.17) is 9.68 Å². The van der Waals surface area contributed by atoms with Gasteiger partial charge < -0.3 is 9.73 Å². The summed E-state index contributed by atoms with van der Waals surface area (Å²) in [4.78, 5) is 0. The van der Waals surface area contributed by atoms with Gasteiger partial charge in [0.2, 0.25) is 0 Å². The number of furan rings is 1. The summed E-state index contributed by atoms with van der Waals surface area (Å²) in [6, 6.07) is 14.0. The Balaban J connectivity index is 2.03. The lowest BCUT2D eigenvalue weighted by molar-refractivity contribution is 0.403. The van der Waals surface area contributed by atoms with E-state index in [0.717, 1.165) is 11.3 Å². The Kier molecular flexibility index (Phi) is 3.81. The fourth-order valence-corrected chi connectivity index (χ4v) is 1.94. The third-order valence-electron chi connectivity index (χ3n) is 3.01. The maximum absolute atomic E-state index is 8.76. The average Bonchev–Trinajstić information content (AvgIpc) is 2.92. The van der Waals surface area contributed by atoms with Crippen LogP contribution in [0.4, 0.5) is 0 Å². The topological polar surface area (TPSA) is 49.0 Å². The van der Waals surface area contributed by atoms with E-state index >= 15 is 0 Å². The van der Waals surface area contributed by atoms with E-state index in [0.29, 0.717) is 5.56 Å². The van der Waals surface area contributed by atoms with E-state index in [2.05, 4.69) is 25.2 Å². The van der Waals surface area contributed by atoms with Gasteiger partial charge in [-0.2, -0.15) is 5.26 Å². The van der Waals surface area contributed by atoms with Gasteiger partial charge in [0.25, 0.3) is 0 Å². The third kappa shape index (κ3) is 2.79. The molecule has 0 saturated carbocycles. The summed E-state index contributed by atoms with van der Waals surface area (Å²) in [6.45, 7) is 4.17. The summed E-state index contributed by atoms with van der Waals surface area (Å²) in [6.07, 6.45) is 1.68. The average molecular weight is 240 g/mol. The zero-order valence-corrected chi connectivity index (χ0v) is 10.6. The van der Waals surface area contributed by atoms with E-state index < -0.39 is 0 Å². The summed E-state index contributed by atoms with van der Waals surface area (Å²) in [5.74, 6) is 0.926. The Hall–Kier alpha value is -2.05. The molecule has 1 aromatic heterocycles. The van der Waals surface area contributed by atoms with Gasteiger partial charge in [-0.15, -0.1) is 0 Å². The summed E-state index contributed by atoms with van der Waals surface area (Å²) in [5.41, 5.74) is 1.84. The van der Waals surface area contributed by atoms with Crippen LogP contribution in [0.5, 0.6) is 0 Å². The van der Waals surface area contributed by atoms with Gasteiger partial charge in [0.05, 0.1) is 23.9 Å². The lowest BCUT2D eigenvalue weighted by Gasteiger charge is -2.18. The van der Waals surface area contributed by atoms with Crippen LogP contribution in [-0.2, 0) is 0 Å². The molecule has 1 heterocycles. The highest BCUT2D eigenvalue weighted by molar-refractivity contribution is 5.32. The van der Waals surface area contributed by atoms with Gasteiger partial charge in [-0.1, -0.05) is 12.1 Å². The normalized spacial score (nSPS) is 13.8.